The molecule has 8 heteroatoms. The molecule has 1 saturated heterocycles. The van der Waals surface area contributed by atoms with E-state index in [9.17, 15) is 13.6 Å². The maximum absolute atomic E-state index is 13.9. The van der Waals surface area contributed by atoms with Gasteiger partial charge in [0.15, 0.2) is 0 Å². The molecule has 1 aliphatic heterocycles. The molecule has 0 radical (unpaired) electrons. The fourth-order valence-corrected chi connectivity index (χ4v) is 3.79. The summed E-state index contributed by atoms with van der Waals surface area (Å²) in [5.41, 5.74) is 1.05. The number of carbonyl (C=O) groups excluding carboxylic acids is 1. The van der Waals surface area contributed by atoms with Crippen molar-refractivity contribution in [2.45, 2.75) is 31.6 Å². The van der Waals surface area contributed by atoms with Crippen LogP contribution in [0.15, 0.2) is 42.5 Å². The van der Waals surface area contributed by atoms with E-state index >= 15 is 0 Å². The number of hydrogen-bond donors (Lipinski definition) is 2. The molecule has 1 fully saturated rings. The van der Waals surface area contributed by atoms with Crippen LogP contribution in [0, 0.1) is 11.6 Å². The van der Waals surface area contributed by atoms with Crippen LogP contribution >= 0.6 is 11.6 Å². The minimum absolute atomic E-state index is 0.00903. The number of nitrogens with one attached hydrogen (secondary N) is 2. The first-order chi connectivity index (χ1) is 14.5. The lowest BCUT2D eigenvalue weighted by molar-refractivity contribution is -0.125. The Labute approximate surface area is 180 Å². The van der Waals surface area contributed by atoms with Crippen molar-refractivity contribution in [3.05, 3.63) is 70.2 Å². The number of carbonyl (C=O) groups is 1. The van der Waals surface area contributed by atoms with Crippen molar-refractivity contribution in [3.8, 4) is 0 Å². The van der Waals surface area contributed by atoms with E-state index in [-0.39, 0.29) is 30.1 Å². The molecule has 0 bridgehead atoms. The van der Waals surface area contributed by atoms with E-state index in [2.05, 4.69) is 15.5 Å². The summed E-state index contributed by atoms with van der Waals surface area (Å²) in [4.78, 5) is 14.8. The Kier molecular flexibility index (Phi) is 8.16. The van der Waals surface area contributed by atoms with E-state index in [1.54, 1.807) is 7.11 Å². The van der Waals surface area contributed by atoms with E-state index in [1.165, 1.54) is 18.2 Å². The highest BCUT2D eigenvalue weighted by Gasteiger charge is 2.36. The van der Waals surface area contributed by atoms with Gasteiger partial charge in [0.05, 0.1) is 12.6 Å². The molecule has 162 valence electrons. The van der Waals surface area contributed by atoms with Crippen LogP contribution in [-0.2, 0) is 22.6 Å². The number of ether oxygens (including phenoxy) is 1. The summed E-state index contributed by atoms with van der Waals surface area (Å²) in [6, 6.07) is 10.9. The molecule has 0 spiro atoms. The van der Waals surface area contributed by atoms with Crippen LogP contribution in [0.25, 0.3) is 0 Å². The van der Waals surface area contributed by atoms with Gasteiger partial charge in [0.1, 0.15) is 11.6 Å². The van der Waals surface area contributed by atoms with Crippen LogP contribution < -0.4 is 10.6 Å². The van der Waals surface area contributed by atoms with Crippen molar-refractivity contribution in [1.82, 2.24) is 15.5 Å². The van der Waals surface area contributed by atoms with E-state index in [0.29, 0.717) is 37.7 Å². The number of benzene rings is 2. The minimum Gasteiger partial charge on any atom is -0.383 e. The maximum Gasteiger partial charge on any atom is 0.237 e. The average molecular weight is 438 g/mol. The molecular formula is C22H26ClF2N3O2. The Bertz CT molecular complexity index is 831. The first-order valence-corrected chi connectivity index (χ1v) is 10.3. The van der Waals surface area contributed by atoms with E-state index in [0.717, 1.165) is 5.56 Å². The smallest absolute Gasteiger partial charge is 0.237 e. The van der Waals surface area contributed by atoms with Crippen molar-refractivity contribution in [3.63, 3.8) is 0 Å². The fourth-order valence-electron chi connectivity index (χ4n) is 3.66. The molecule has 0 aromatic heterocycles. The number of methoxy groups -OCH3 is 1. The molecule has 1 heterocycles. The third-order valence-corrected chi connectivity index (χ3v) is 5.49. The zero-order chi connectivity index (χ0) is 21.5. The molecular weight excluding hydrogens is 412 g/mol. The third kappa shape index (κ3) is 5.98. The predicted octanol–water partition coefficient (Wildman–Crippen LogP) is 3.11. The quantitative estimate of drug-likeness (QED) is 0.592. The molecule has 2 N–H and O–H groups in total. The van der Waals surface area contributed by atoms with Gasteiger partial charge < -0.3 is 15.4 Å². The lowest BCUT2D eigenvalue weighted by Gasteiger charge is -2.23. The van der Waals surface area contributed by atoms with Crippen molar-refractivity contribution < 1.29 is 18.3 Å². The lowest BCUT2D eigenvalue weighted by atomic mass is 10.1. The zero-order valence-electron chi connectivity index (χ0n) is 16.8. The Hall–Kier alpha value is -2.06. The summed E-state index contributed by atoms with van der Waals surface area (Å²) >= 11 is 5.97. The summed E-state index contributed by atoms with van der Waals surface area (Å²) < 4.78 is 32.8. The summed E-state index contributed by atoms with van der Waals surface area (Å²) in [6.45, 7) is 2.09. The van der Waals surface area contributed by atoms with Crippen LogP contribution in [0.4, 0.5) is 8.78 Å². The van der Waals surface area contributed by atoms with Gasteiger partial charge in [-0.05, 0) is 36.2 Å². The fraction of sp³-hybridized carbons (Fsp3) is 0.409. The van der Waals surface area contributed by atoms with Gasteiger partial charge in [-0.25, -0.2) is 8.78 Å². The molecule has 2 atom stereocenters. The van der Waals surface area contributed by atoms with Crippen LogP contribution in [0.3, 0.4) is 0 Å². The summed E-state index contributed by atoms with van der Waals surface area (Å²) in [5.74, 6) is -1.23. The predicted molar refractivity (Wildman–Crippen MR) is 112 cm³/mol. The minimum atomic E-state index is -0.577. The topological polar surface area (TPSA) is 53.6 Å². The van der Waals surface area contributed by atoms with Crippen molar-refractivity contribution >= 4 is 17.5 Å². The van der Waals surface area contributed by atoms with Gasteiger partial charge in [-0.2, -0.15) is 0 Å². The van der Waals surface area contributed by atoms with Crippen molar-refractivity contribution in [1.29, 1.82) is 0 Å². The molecule has 0 saturated carbocycles. The van der Waals surface area contributed by atoms with Gasteiger partial charge in [-0.15, -0.1) is 0 Å². The number of amides is 1. The van der Waals surface area contributed by atoms with E-state index in [4.69, 9.17) is 16.3 Å². The van der Waals surface area contributed by atoms with Crippen LogP contribution in [-0.4, -0.2) is 49.7 Å². The summed E-state index contributed by atoms with van der Waals surface area (Å²) in [5, 5.41) is 6.75. The Morgan fingerprint density at radius 2 is 1.90 bits per heavy atom. The van der Waals surface area contributed by atoms with Gasteiger partial charge in [-0.3, -0.25) is 9.69 Å². The average Bonchev–Trinajstić information content (AvgIpc) is 3.12. The number of halogens is 3. The normalized spacial score (nSPS) is 19.2. The van der Waals surface area contributed by atoms with Crippen LogP contribution in [0.5, 0.6) is 0 Å². The number of nitrogens with zero attached hydrogens (tertiary/aromatic N) is 1. The summed E-state index contributed by atoms with van der Waals surface area (Å²) in [7, 11) is 1.58. The monoisotopic (exact) mass is 437 g/mol. The zero-order valence-corrected chi connectivity index (χ0v) is 17.6. The molecule has 0 aliphatic carbocycles. The van der Waals surface area contributed by atoms with E-state index in [1.807, 2.05) is 24.3 Å². The Morgan fingerprint density at radius 3 is 2.57 bits per heavy atom. The van der Waals surface area contributed by atoms with Gasteiger partial charge in [0.2, 0.25) is 5.91 Å². The third-order valence-electron chi connectivity index (χ3n) is 5.24. The second-order valence-corrected chi connectivity index (χ2v) is 7.81. The van der Waals surface area contributed by atoms with Crippen LogP contribution in [0.2, 0.25) is 5.02 Å². The molecule has 2 aromatic rings. The molecule has 0 unspecified atom stereocenters. The molecule has 5 nitrogen and oxygen atoms in total. The molecule has 1 aliphatic rings. The standard InChI is InChI=1S/C22H26ClF2N3O2/c1-30-10-9-26-22(29)21-11-17(27-12-18-19(24)3-2-4-20(18)25)14-28(21)13-15-5-7-16(23)8-6-15/h2-8,17,21,27H,9-14H2,1H3,(H,26,29)/t17-,21+/m1/s1. The summed E-state index contributed by atoms with van der Waals surface area (Å²) in [6.07, 6.45) is 0.544. The molecule has 1 amide bonds. The highest BCUT2D eigenvalue weighted by Crippen LogP contribution is 2.23. The highest BCUT2D eigenvalue weighted by atomic mass is 35.5. The molecule has 3 rings (SSSR count). The van der Waals surface area contributed by atoms with Gasteiger partial charge in [0.25, 0.3) is 0 Å². The number of rotatable bonds is 9. The van der Waals surface area contributed by atoms with Crippen molar-refractivity contribution in [2.24, 2.45) is 0 Å². The number of hydrogen-bond acceptors (Lipinski definition) is 4. The molecule has 30 heavy (non-hydrogen) atoms. The van der Waals surface area contributed by atoms with Gasteiger partial charge in [-0.1, -0.05) is 29.8 Å². The van der Waals surface area contributed by atoms with E-state index < -0.39 is 11.6 Å². The SMILES string of the molecule is COCCNC(=O)[C@@H]1C[C@@H](NCc2c(F)cccc2F)CN1Cc1ccc(Cl)cc1. The second kappa shape index (κ2) is 10.8. The Morgan fingerprint density at radius 1 is 1.20 bits per heavy atom. The lowest BCUT2D eigenvalue weighted by Crippen LogP contribution is -2.43. The van der Waals surface area contributed by atoms with Crippen LogP contribution in [0.1, 0.15) is 17.5 Å². The van der Waals surface area contributed by atoms with Crippen molar-refractivity contribution in [2.75, 3.05) is 26.8 Å². The van der Waals surface area contributed by atoms with Gasteiger partial charge >= 0.3 is 0 Å². The van der Waals surface area contributed by atoms with Gasteiger partial charge in [0, 0.05) is 49.9 Å². The molecule has 2 aromatic carbocycles. The first kappa shape index (κ1) is 22.6. The first-order valence-electron chi connectivity index (χ1n) is 9.89. The Balaban J connectivity index is 1.67. The second-order valence-electron chi connectivity index (χ2n) is 7.37. The number of likely N-dealkylation sites (tertiary alicyclic amines) is 1. The highest BCUT2D eigenvalue weighted by molar-refractivity contribution is 6.30. The largest absolute Gasteiger partial charge is 0.383 e. The maximum atomic E-state index is 13.9.